The number of amides is 1. The lowest BCUT2D eigenvalue weighted by atomic mass is 10.1. The predicted octanol–water partition coefficient (Wildman–Crippen LogP) is 16.5. The van der Waals surface area contributed by atoms with Crippen LogP contribution < -0.4 is 5.32 Å². The second kappa shape index (κ2) is 51.7. The Morgan fingerprint density at radius 2 is 0.758 bits per heavy atom. The van der Waals surface area contributed by atoms with Crippen molar-refractivity contribution in [1.29, 1.82) is 0 Å². The number of hydrogen-bond acceptors (Lipinski definition) is 5. The topological polar surface area (TPSA) is 95.9 Å². The fourth-order valence-electron chi connectivity index (χ4n) is 8.15. The van der Waals surface area contributed by atoms with Gasteiger partial charge < -0.3 is 20.3 Å². The zero-order valence-electron chi connectivity index (χ0n) is 41.4. The van der Waals surface area contributed by atoms with Gasteiger partial charge in [0.15, 0.2) is 0 Å². The minimum Gasteiger partial charge on any atom is -0.466 e. The summed E-state index contributed by atoms with van der Waals surface area (Å²) in [7, 11) is 0. The number of hydrogen-bond donors (Lipinski definition) is 3. The van der Waals surface area contributed by atoms with E-state index in [0.717, 1.165) is 57.8 Å². The van der Waals surface area contributed by atoms with E-state index >= 15 is 0 Å². The molecule has 0 bridgehead atoms. The van der Waals surface area contributed by atoms with Gasteiger partial charge >= 0.3 is 5.97 Å². The summed E-state index contributed by atoms with van der Waals surface area (Å²) in [6.45, 7) is 4.86. The monoisotopic (exact) mass is 872 g/mol. The van der Waals surface area contributed by atoms with Gasteiger partial charge in [0.2, 0.25) is 5.91 Å². The minimum atomic E-state index is -0.851. The Kier molecular flexibility index (Phi) is 50.1. The number of allylic oxidation sites excluding steroid dienone is 5. The van der Waals surface area contributed by atoms with E-state index in [1.54, 1.807) is 6.08 Å². The maximum Gasteiger partial charge on any atom is 0.305 e. The van der Waals surface area contributed by atoms with Crippen molar-refractivity contribution in [1.82, 2.24) is 5.32 Å². The number of aliphatic hydroxyl groups excluding tert-OH is 2. The summed E-state index contributed by atoms with van der Waals surface area (Å²) in [5, 5.41) is 23.0. The van der Waals surface area contributed by atoms with Gasteiger partial charge in [0.05, 0.1) is 25.4 Å². The summed E-state index contributed by atoms with van der Waals surface area (Å²) in [5.41, 5.74) is 0. The van der Waals surface area contributed by atoms with E-state index in [2.05, 4.69) is 43.5 Å². The lowest BCUT2D eigenvalue weighted by Gasteiger charge is -2.20. The Morgan fingerprint density at radius 3 is 1.15 bits per heavy atom. The summed E-state index contributed by atoms with van der Waals surface area (Å²) < 4.78 is 5.47. The Labute approximate surface area is 385 Å². The molecule has 0 aliphatic carbocycles. The van der Waals surface area contributed by atoms with Crippen molar-refractivity contribution in [2.24, 2.45) is 0 Å². The van der Waals surface area contributed by atoms with Crippen LogP contribution in [0.2, 0.25) is 0 Å². The normalized spacial score (nSPS) is 12.9. The van der Waals surface area contributed by atoms with Crippen molar-refractivity contribution < 1.29 is 24.5 Å². The van der Waals surface area contributed by atoms with E-state index in [9.17, 15) is 19.8 Å². The van der Waals surface area contributed by atoms with Crippen LogP contribution in [0.4, 0.5) is 0 Å². The minimum absolute atomic E-state index is 0.00669. The molecule has 0 aromatic carbocycles. The third-order valence-electron chi connectivity index (χ3n) is 12.4. The molecule has 0 rings (SSSR count). The molecule has 0 spiro atoms. The highest BCUT2D eigenvalue weighted by molar-refractivity contribution is 5.76. The molecule has 0 heterocycles. The molecule has 0 aromatic rings. The highest BCUT2D eigenvalue weighted by Crippen LogP contribution is 2.15. The number of aliphatic hydroxyl groups is 2. The highest BCUT2D eigenvalue weighted by Gasteiger charge is 2.18. The van der Waals surface area contributed by atoms with Crippen LogP contribution in [-0.2, 0) is 14.3 Å². The van der Waals surface area contributed by atoms with Gasteiger partial charge in [-0.2, -0.15) is 0 Å². The molecule has 0 saturated carbocycles. The fraction of sp³-hybridized carbons (Fsp3) is 0.857. The van der Waals surface area contributed by atoms with Crippen LogP contribution in [-0.4, -0.2) is 47.4 Å². The Balaban J connectivity index is 3.46. The molecule has 6 nitrogen and oxygen atoms in total. The van der Waals surface area contributed by atoms with E-state index < -0.39 is 12.1 Å². The molecule has 0 fully saturated rings. The standard InChI is InChI=1S/C56H105NO5/c1-3-5-7-9-11-13-15-16-17-19-23-26-30-34-38-42-46-50-56(61)62-51-47-43-39-35-31-27-24-21-18-20-22-25-29-33-37-41-45-49-55(60)57-53(52-58)54(59)48-44-40-36-32-28-14-12-10-8-6-4-2/h16-18,21,44,48,53-54,58-59H,3-15,19-20,22-43,45-47,49-52H2,1-2H3,(H,57,60)/b17-16-,21-18-,48-44+. The number of unbranched alkanes of at least 4 members (excludes halogenated alkanes) is 35. The van der Waals surface area contributed by atoms with Crippen LogP contribution in [0.3, 0.4) is 0 Å². The summed E-state index contributed by atoms with van der Waals surface area (Å²) in [6.07, 6.45) is 63.0. The van der Waals surface area contributed by atoms with Gasteiger partial charge in [-0.05, 0) is 83.5 Å². The second-order valence-electron chi connectivity index (χ2n) is 18.5. The van der Waals surface area contributed by atoms with Crippen LogP contribution in [0.1, 0.15) is 284 Å². The lowest BCUT2D eigenvalue weighted by Crippen LogP contribution is -2.45. The van der Waals surface area contributed by atoms with Gasteiger partial charge in [0.25, 0.3) is 0 Å². The number of carbonyl (C=O) groups is 2. The third kappa shape index (κ3) is 47.6. The molecule has 6 heteroatoms. The molecule has 0 aliphatic heterocycles. The van der Waals surface area contributed by atoms with Crippen LogP contribution in [0, 0.1) is 0 Å². The molecular formula is C56H105NO5. The molecule has 2 atom stereocenters. The highest BCUT2D eigenvalue weighted by atomic mass is 16.5. The van der Waals surface area contributed by atoms with Gasteiger partial charge in [-0.3, -0.25) is 9.59 Å². The molecule has 1 amide bonds. The zero-order chi connectivity index (χ0) is 45.1. The van der Waals surface area contributed by atoms with Crippen LogP contribution in [0.15, 0.2) is 36.5 Å². The average molecular weight is 872 g/mol. The molecule has 3 N–H and O–H groups in total. The summed E-state index contributed by atoms with van der Waals surface area (Å²) in [4.78, 5) is 24.4. The Hall–Kier alpha value is -1.92. The first-order chi connectivity index (χ1) is 30.5. The lowest BCUT2D eigenvalue weighted by molar-refractivity contribution is -0.143. The van der Waals surface area contributed by atoms with Crippen molar-refractivity contribution in [3.8, 4) is 0 Å². The molecule has 0 radical (unpaired) electrons. The van der Waals surface area contributed by atoms with Gasteiger partial charge in [0, 0.05) is 12.8 Å². The number of carbonyl (C=O) groups excluding carboxylic acids is 2. The quantitative estimate of drug-likeness (QED) is 0.0321. The van der Waals surface area contributed by atoms with Gasteiger partial charge in [-0.25, -0.2) is 0 Å². The van der Waals surface area contributed by atoms with Crippen molar-refractivity contribution in [2.45, 2.75) is 296 Å². The number of ether oxygens (including phenoxy) is 1. The summed E-state index contributed by atoms with van der Waals surface area (Å²) in [5.74, 6) is -0.0887. The van der Waals surface area contributed by atoms with E-state index in [4.69, 9.17) is 4.74 Å². The maximum absolute atomic E-state index is 12.4. The van der Waals surface area contributed by atoms with Crippen LogP contribution in [0.25, 0.3) is 0 Å². The zero-order valence-corrected chi connectivity index (χ0v) is 41.4. The van der Waals surface area contributed by atoms with Crippen molar-refractivity contribution in [3.63, 3.8) is 0 Å². The summed E-state index contributed by atoms with van der Waals surface area (Å²) >= 11 is 0. The Morgan fingerprint density at radius 1 is 0.435 bits per heavy atom. The van der Waals surface area contributed by atoms with Gasteiger partial charge in [-0.15, -0.1) is 0 Å². The van der Waals surface area contributed by atoms with E-state index in [0.29, 0.717) is 19.4 Å². The first-order valence-corrected chi connectivity index (χ1v) is 27.3. The SMILES string of the molecule is CCCCCCCC/C=C\CCCCCCCCCC(=O)OCCCCCCCC/C=C\CCCCCCCCCC(=O)NC(CO)C(O)/C=C/CCCCCCCCCCC. The molecule has 62 heavy (non-hydrogen) atoms. The predicted molar refractivity (Wildman–Crippen MR) is 269 cm³/mol. The van der Waals surface area contributed by atoms with Crippen LogP contribution in [0.5, 0.6) is 0 Å². The smallest absolute Gasteiger partial charge is 0.305 e. The number of esters is 1. The molecule has 0 aromatic heterocycles. The summed E-state index contributed by atoms with van der Waals surface area (Å²) in [6, 6.07) is -0.636. The van der Waals surface area contributed by atoms with Crippen molar-refractivity contribution >= 4 is 11.9 Å². The average Bonchev–Trinajstić information content (AvgIpc) is 3.27. The fourth-order valence-corrected chi connectivity index (χ4v) is 8.15. The Bertz CT molecular complexity index is 1010. The van der Waals surface area contributed by atoms with Crippen molar-refractivity contribution in [3.05, 3.63) is 36.5 Å². The maximum atomic E-state index is 12.4. The number of rotatable bonds is 50. The van der Waals surface area contributed by atoms with E-state index in [1.165, 1.54) is 199 Å². The molecule has 0 aliphatic rings. The third-order valence-corrected chi connectivity index (χ3v) is 12.4. The van der Waals surface area contributed by atoms with E-state index in [1.807, 2.05) is 6.08 Å². The van der Waals surface area contributed by atoms with E-state index in [-0.39, 0.29) is 18.5 Å². The molecule has 0 saturated heterocycles. The first-order valence-electron chi connectivity index (χ1n) is 27.3. The number of nitrogens with one attached hydrogen (secondary N) is 1. The van der Waals surface area contributed by atoms with Gasteiger partial charge in [-0.1, -0.05) is 224 Å². The largest absolute Gasteiger partial charge is 0.466 e. The van der Waals surface area contributed by atoms with Gasteiger partial charge in [0.1, 0.15) is 0 Å². The van der Waals surface area contributed by atoms with Crippen LogP contribution >= 0.6 is 0 Å². The first kappa shape index (κ1) is 60.1. The second-order valence-corrected chi connectivity index (χ2v) is 18.5. The van der Waals surface area contributed by atoms with Crippen molar-refractivity contribution in [2.75, 3.05) is 13.2 Å². The molecular weight excluding hydrogens is 767 g/mol. The molecule has 2 unspecified atom stereocenters. The molecule has 364 valence electrons.